The summed E-state index contributed by atoms with van der Waals surface area (Å²) in [7, 11) is 0. The van der Waals surface area contributed by atoms with E-state index in [9.17, 15) is 0 Å². The van der Waals surface area contributed by atoms with Crippen LogP contribution in [0, 0.1) is 0 Å². The second-order valence-electron chi connectivity index (χ2n) is 5.67. The second kappa shape index (κ2) is 6.74. The number of benzene rings is 1. The van der Waals surface area contributed by atoms with Crippen LogP contribution in [0.15, 0.2) is 24.3 Å². The summed E-state index contributed by atoms with van der Waals surface area (Å²) in [6.07, 6.45) is 2.50. The molecule has 0 amide bonds. The van der Waals surface area contributed by atoms with E-state index >= 15 is 0 Å². The molecular formula is C16H25ClN2. The molecule has 1 N–H and O–H groups in total. The summed E-state index contributed by atoms with van der Waals surface area (Å²) in [5.74, 6) is 0. The number of piperazine rings is 1. The largest absolute Gasteiger partial charge is 0.311 e. The molecule has 1 saturated heterocycles. The van der Waals surface area contributed by atoms with Crippen LogP contribution in [0.25, 0.3) is 0 Å². The quantitative estimate of drug-likeness (QED) is 0.901. The van der Waals surface area contributed by atoms with Gasteiger partial charge in [-0.2, -0.15) is 0 Å². The number of hydrogen-bond acceptors (Lipinski definition) is 2. The zero-order chi connectivity index (χ0) is 13.8. The van der Waals surface area contributed by atoms with Crippen molar-refractivity contribution in [2.45, 2.75) is 51.7 Å². The maximum atomic E-state index is 6.11. The van der Waals surface area contributed by atoms with Crippen LogP contribution in [0.5, 0.6) is 0 Å². The van der Waals surface area contributed by atoms with Gasteiger partial charge in [0.15, 0.2) is 0 Å². The van der Waals surface area contributed by atoms with Gasteiger partial charge in [0.25, 0.3) is 0 Å². The van der Waals surface area contributed by atoms with Crippen molar-refractivity contribution < 1.29 is 0 Å². The highest BCUT2D eigenvalue weighted by molar-refractivity contribution is 6.30. The molecule has 1 aliphatic heterocycles. The monoisotopic (exact) mass is 280 g/mol. The molecule has 19 heavy (non-hydrogen) atoms. The highest BCUT2D eigenvalue weighted by Gasteiger charge is 2.28. The molecule has 1 heterocycles. The van der Waals surface area contributed by atoms with Crippen molar-refractivity contribution in [2.75, 3.05) is 13.1 Å². The van der Waals surface area contributed by atoms with Crippen LogP contribution in [0.2, 0.25) is 5.02 Å². The lowest BCUT2D eigenvalue weighted by Gasteiger charge is -2.42. The van der Waals surface area contributed by atoms with Crippen molar-refractivity contribution in [1.29, 1.82) is 0 Å². The molecule has 0 saturated carbocycles. The molecule has 1 aromatic carbocycles. The average molecular weight is 281 g/mol. The first-order chi connectivity index (χ1) is 9.11. The van der Waals surface area contributed by atoms with E-state index in [0.29, 0.717) is 18.1 Å². The first-order valence-corrected chi connectivity index (χ1v) is 7.74. The lowest BCUT2D eigenvalue weighted by Crippen LogP contribution is -2.55. The minimum atomic E-state index is 0.426. The summed E-state index contributed by atoms with van der Waals surface area (Å²) in [5.41, 5.74) is 1.32. The molecule has 106 valence electrons. The first-order valence-electron chi connectivity index (χ1n) is 7.36. The molecule has 3 unspecified atom stereocenters. The van der Waals surface area contributed by atoms with Gasteiger partial charge in [-0.1, -0.05) is 37.1 Å². The highest BCUT2D eigenvalue weighted by atomic mass is 35.5. The third-order valence-corrected chi connectivity index (χ3v) is 4.40. The van der Waals surface area contributed by atoms with Gasteiger partial charge in [-0.15, -0.1) is 0 Å². The molecule has 3 heteroatoms. The van der Waals surface area contributed by atoms with Gasteiger partial charge in [0, 0.05) is 36.2 Å². The fraction of sp³-hybridized carbons (Fsp3) is 0.625. The van der Waals surface area contributed by atoms with Crippen molar-refractivity contribution in [3.63, 3.8) is 0 Å². The van der Waals surface area contributed by atoms with Crippen LogP contribution in [-0.4, -0.2) is 30.1 Å². The average Bonchev–Trinajstić information content (AvgIpc) is 2.40. The van der Waals surface area contributed by atoms with E-state index in [2.05, 4.69) is 43.1 Å². The van der Waals surface area contributed by atoms with E-state index in [-0.39, 0.29) is 0 Å². The van der Waals surface area contributed by atoms with Gasteiger partial charge < -0.3 is 5.32 Å². The van der Waals surface area contributed by atoms with Crippen molar-refractivity contribution in [1.82, 2.24) is 10.2 Å². The minimum absolute atomic E-state index is 0.426. The fourth-order valence-corrected chi connectivity index (χ4v) is 3.19. The van der Waals surface area contributed by atoms with E-state index < -0.39 is 0 Å². The fourth-order valence-electron chi connectivity index (χ4n) is 2.99. The zero-order valence-electron chi connectivity index (χ0n) is 12.2. The Labute approximate surface area is 122 Å². The van der Waals surface area contributed by atoms with Crippen LogP contribution in [-0.2, 0) is 0 Å². The van der Waals surface area contributed by atoms with E-state index in [1.54, 1.807) is 0 Å². The van der Waals surface area contributed by atoms with Crippen molar-refractivity contribution in [3.8, 4) is 0 Å². The SMILES string of the molecule is CCCC1CN(C(C)c2cccc(Cl)c2)C(C)CN1. The number of nitrogens with zero attached hydrogens (tertiary/aromatic N) is 1. The standard InChI is InChI=1S/C16H25ClN2/c1-4-6-16-11-19(12(2)10-18-16)13(3)14-7-5-8-15(17)9-14/h5,7-9,12-13,16,18H,4,6,10-11H2,1-3H3. The van der Waals surface area contributed by atoms with Gasteiger partial charge in [0.2, 0.25) is 0 Å². The number of rotatable bonds is 4. The summed E-state index contributed by atoms with van der Waals surface area (Å²) >= 11 is 6.11. The summed E-state index contributed by atoms with van der Waals surface area (Å²) in [6, 6.07) is 9.89. The molecule has 3 atom stereocenters. The van der Waals surface area contributed by atoms with E-state index in [0.717, 1.165) is 18.1 Å². The summed E-state index contributed by atoms with van der Waals surface area (Å²) in [6.45, 7) is 9.05. The molecule has 0 radical (unpaired) electrons. The van der Waals surface area contributed by atoms with Crippen LogP contribution in [0.3, 0.4) is 0 Å². The third kappa shape index (κ3) is 3.71. The lowest BCUT2D eigenvalue weighted by molar-refractivity contribution is 0.0959. The van der Waals surface area contributed by atoms with E-state index in [1.165, 1.54) is 18.4 Å². The summed E-state index contributed by atoms with van der Waals surface area (Å²) < 4.78 is 0. The Balaban J connectivity index is 2.09. The maximum Gasteiger partial charge on any atom is 0.0409 e. The lowest BCUT2D eigenvalue weighted by atomic mass is 10.00. The van der Waals surface area contributed by atoms with Crippen LogP contribution < -0.4 is 5.32 Å². The van der Waals surface area contributed by atoms with Gasteiger partial charge in [-0.3, -0.25) is 4.90 Å². The topological polar surface area (TPSA) is 15.3 Å². The molecule has 1 fully saturated rings. The Kier molecular flexibility index (Phi) is 5.26. The number of halogens is 1. The van der Waals surface area contributed by atoms with E-state index in [4.69, 9.17) is 11.6 Å². The van der Waals surface area contributed by atoms with Crippen molar-refractivity contribution in [3.05, 3.63) is 34.9 Å². The van der Waals surface area contributed by atoms with Crippen LogP contribution in [0.1, 0.15) is 45.2 Å². The molecule has 0 bridgehead atoms. The maximum absolute atomic E-state index is 6.11. The smallest absolute Gasteiger partial charge is 0.0409 e. The molecule has 0 spiro atoms. The van der Waals surface area contributed by atoms with Gasteiger partial charge >= 0.3 is 0 Å². The zero-order valence-corrected chi connectivity index (χ0v) is 13.0. The minimum Gasteiger partial charge on any atom is -0.311 e. The predicted molar refractivity (Wildman–Crippen MR) is 82.7 cm³/mol. The Hall–Kier alpha value is -0.570. The first kappa shape index (κ1) is 14.8. The predicted octanol–water partition coefficient (Wildman–Crippen LogP) is 3.86. The van der Waals surface area contributed by atoms with E-state index in [1.807, 2.05) is 12.1 Å². The van der Waals surface area contributed by atoms with Crippen molar-refractivity contribution in [2.24, 2.45) is 0 Å². The Bertz CT molecular complexity index is 407. The Morgan fingerprint density at radius 1 is 1.47 bits per heavy atom. The van der Waals surface area contributed by atoms with Crippen LogP contribution in [0.4, 0.5) is 0 Å². The second-order valence-corrected chi connectivity index (χ2v) is 6.11. The molecule has 1 aliphatic rings. The molecule has 1 aromatic rings. The Morgan fingerprint density at radius 3 is 2.95 bits per heavy atom. The third-order valence-electron chi connectivity index (χ3n) is 4.16. The summed E-state index contributed by atoms with van der Waals surface area (Å²) in [5, 5.41) is 4.48. The summed E-state index contributed by atoms with van der Waals surface area (Å²) in [4.78, 5) is 2.60. The normalized spacial score (nSPS) is 26.3. The Morgan fingerprint density at radius 2 is 2.26 bits per heavy atom. The molecular weight excluding hydrogens is 256 g/mol. The van der Waals surface area contributed by atoms with Crippen molar-refractivity contribution >= 4 is 11.6 Å². The number of nitrogens with one attached hydrogen (secondary N) is 1. The van der Waals surface area contributed by atoms with Gasteiger partial charge in [0.05, 0.1) is 0 Å². The highest BCUT2D eigenvalue weighted by Crippen LogP contribution is 2.26. The molecule has 2 rings (SSSR count). The van der Waals surface area contributed by atoms with Gasteiger partial charge in [0.1, 0.15) is 0 Å². The molecule has 2 nitrogen and oxygen atoms in total. The molecule has 0 aromatic heterocycles. The van der Waals surface area contributed by atoms with Gasteiger partial charge in [-0.25, -0.2) is 0 Å². The van der Waals surface area contributed by atoms with Gasteiger partial charge in [-0.05, 0) is 38.0 Å². The molecule has 0 aliphatic carbocycles. The number of hydrogen-bond donors (Lipinski definition) is 1. The van der Waals surface area contributed by atoms with Crippen LogP contribution >= 0.6 is 11.6 Å².